The maximum absolute atomic E-state index is 11.3. The van der Waals surface area contributed by atoms with Gasteiger partial charge in [0, 0.05) is 22.3 Å². The molecule has 206 valence electrons. The van der Waals surface area contributed by atoms with E-state index in [4.69, 9.17) is 4.74 Å². The van der Waals surface area contributed by atoms with Gasteiger partial charge in [0.1, 0.15) is 12.9 Å². The minimum atomic E-state index is 0.348. The Bertz CT molecular complexity index is 2120. The summed E-state index contributed by atoms with van der Waals surface area (Å²) in [6.07, 6.45) is 4.51. The summed E-state index contributed by atoms with van der Waals surface area (Å²) in [5.74, 6) is 0. The highest BCUT2D eigenvalue weighted by Gasteiger charge is 2.16. The Morgan fingerprint density at radius 1 is 0.558 bits per heavy atom. The molecule has 0 aliphatic rings. The number of carbonyl (C=O) groups is 1. The molecule has 3 nitrogen and oxygen atoms in total. The maximum Gasteiger partial charge on any atom is 0.150 e. The van der Waals surface area contributed by atoms with Gasteiger partial charge in [-0.2, -0.15) is 0 Å². The van der Waals surface area contributed by atoms with E-state index < -0.39 is 0 Å². The fraction of sp³-hybridized carbons (Fsp3) is 0.0250. The second-order valence-electron chi connectivity index (χ2n) is 10.6. The average molecular weight is 556 g/mol. The van der Waals surface area contributed by atoms with Crippen LogP contribution < -0.4 is 4.90 Å². The first kappa shape index (κ1) is 26.2. The molecule has 7 rings (SSSR count). The lowest BCUT2D eigenvalue weighted by molar-refractivity contribution is 0.112. The second-order valence-corrected chi connectivity index (χ2v) is 10.6. The van der Waals surface area contributed by atoms with Gasteiger partial charge >= 0.3 is 0 Å². The Kier molecular flexibility index (Phi) is 7.12. The molecule has 7 aromatic carbocycles. The molecular formula is C40H29NO2. The predicted octanol–water partition coefficient (Wildman–Crippen LogP) is 10.6. The lowest BCUT2D eigenvalue weighted by Gasteiger charge is -2.27. The number of fused-ring (bicyclic) bond motifs is 3. The van der Waals surface area contributed by atoms with Crippen molar-refractivity contribution in [2.75, 3.05) is 4.90 Å². The van der Waals surface area contributed by atoms with E-state index in [1.54, 1.807) is 12.3 Å². The molecule has 0 aromatic heterocycles. The van der Waals surface area contributed by atoms with Crippen molar-refractivity contribution in [3.8, 4) is 0 Å². The maximum atomic E-state index is 11.3. The average Bonchev–Trinajstić information content (AvgIpc) is 3.07. The Morgan fingerprint density at radius 3 is 2.02 bits per heavy atom. The minimum Gasteiger partial charge on any atom is -0.496 e. The van der Waals surface area contributed by atoms with Crippen LogP contribution in [0.25, 0.3) is 38.4 Å². The Balaban J connectivity index is 1.23. The van der Waals surface area contributed by atoms with E-state index in [2.05, 4.69) is 126 Å². The number of hydrogen-bond donors (Lipinski definition) is 0. The van der Waals surface area contributed by atoms with E-state index in [-0.39, 0.29) is 0 Å². The van der Waals surface area contributed by atoms with Crippen LogP contribution in [0.1, 0.15) is 21.5 Å². The quantitative estimate of drug-likeness (QED) is 0.138. The SMILES string of the molecule is O=Cc1ccccc1COC=Cc1ccc2cc(N(c3ccc4ccccc4c3)c3cccc4ccccc34)ccc2c1. The van der Waals surface area contributed by atoms with E-state index in [0.29, 0.717) is 12.2 Å². The van der Waals surface area contributed by atoms with Crippen LogP contribution in [-0.4, -0.2) is 6.29 Å². The van der Waals surface area contributed by atoms with Gasteiger partial charge in [-0.15, -0.1) is 0 Å². The fourth-order valence-corrected chi connectivity index (χ4v) is 5.69. The normalized spacial score (nSPS) is 11.3. The number of anilines is 3. The zero-order chi connectivity index (χ0) is 29.0. The van der Waals surface area contributed by atoms with E-state index in [0.717, 1.165) is 45.2 Å². The monoisotopic (exact) mass is 555 g/mol. The molecule has 0 fully saturated rings. The Hall–Kier alpha value is -5.67. The first-order chi connectivity index (χ1) is 21.3. The summed E-state index contributed by atoms with van der Waals surface area (Å²) in [6, 6.07) is 50.7. The molecule has 0 spiro atoms. The van der Waals surface area contributed by atoms with E-state index in [1.807, 2.05) is 24.3 Å². The molecule has 0 aliphatic carbocycles. The van der Waals surface area contributed by atoms with Crippen molar-refractivity contribution in [2.45, 2.75) is 6.61 Å². The molecular weight excluding hydrogens is 526 g/mol. The highest BCUT2D eigenvalue weighted by molar-refractivity contribution is 6.01. The summed E-state index contributed by atoms with van der Waals surface area (Å²) < 4.78 is 5.75. The van der Waals surface area contributed by atoms with Crippen LogP contribution in [0.3, 0.4) is 0 Å². The van der Waals surface area contributed by atoms with E-state index in [1.165, 1.54) is 21.5 Å². The van der Waals surface area contributed by atoms with Crippen LogP contribution in [0.5, 0.6) is 0 Å². The fourth-order valence-electron chi connectivity index (χ4n) is 5.69. The minimum absolute atomic E-state index is 0.348. The number of hydrogen-bond acceptors (Lipinski definition) is 3. The Morgan fingerprint density at radius 2 is 1.19 bits per heavy atom. The number of aldehydes is 1. The lowest BCUT2D eigenvalue weighted by atomic mass is 10.0. The van der Waals surface area contributed by atoms with Crippen molar-refractivity contribution < 1.29 is 9.53 Å². The van der Waals surface area contributed by atoms with Crippen molar-refractivity contribution in [2.24, 2.45) is 0 Å². The van der Waals surface area contributed by atoms with Gasteiger partial charge in [-0.1, -0.05) is 109 Å². The van der Waals surface area contributed by atoms with Gasteiger partial charge in [0.15, 0.2) is 0 Å². The van der Waals surface area contributed by atoms with Crippen molar-refractivity contribution in [3.63, 3.8) is 0 Å². The topological polar surface area (TPSA) is 29.5 Å². The van der Waals surface area contributed by atoms with E-state index in [9.17, 15) is 4.79 Å². The molecule has 0 unspecified atom stereocenters. The van der Waals surface area contributed by atoms with Gasteiger partial charge < -0.3 is 9.64 Å². The number of carbonyl (C=O) groups excluding carboxylic acids is 1. The van der Waals surface area contributed by atoms with Crippen LogP contribution in [0, 0.1) is 0 Å². The summed E-state index contributed by atoms with van der Waals surface area (Å²) in [6.45, 7) is 0.348. The van der Waals surface area contributed by atoms with Crippen molar-refractivity contribution in [3.05, 3.63) is 169 Å². The molecule has 0 saturated carbocycles. The molecule has 0 N–H and O–H groups in total. The smallest absolute Gasteiger partial charge is 0.150 e. The van der Waals surface area contributed by atoms with Crippen LogP contribution >= 0.6 is 0 Å². The standard InChI is InChI=1S/C40H29NO2/c42-27-35-11-3-4-12-36(35)28-43-23-22-29-16-17-34-26-38(21-19-33(34)24-29)41(37-20-18-30-8-1-2-10-32(30)25-37)40-15-7-13-31-9-5-6-14-39(31)40/h1-27H,28H2. The third-order valence-corrected chi connectivity index (χ3v) is 7.88. The second kappa shape index (κ2) is 11.7. The summed E-state index contributed by atoms with van der Waals surface area (Å²) >= 11 is 0. The first-order valence-electron chi connectivity index (χ1n) is 14.4. The molecule has 0 heterocycles. The van der Waals surface area contributed by atoms with Gasteiger partial charge in [0.25, 0.3) is 0 Å². The molecule has 0 saturated heterocycles. The zero-order valence-electron chi connectivity index (χ0n) is 23.6. The number of benzene rings is 7. The highest BCUT2D eigenvalue weighted by Crippen LogP contribution is 2.40. The third kappa shape index (κ3) is 5.37. The molecule has 0 amide bonds. The first-order valence-corrected chi connectivity index (χ1v) is 14.4. The van der Waals surface area contributed by atoms with E-state index >= 15 is 0 Å². The van der Waals surface area contributed by atoms with Gasteiger partial charge in [-0.3, -0.25) is 4.79 Å². The Labute approximate surface area is 250 Å². The van der Waals surface area contributed by atoms with Crippen molar-refractivity contribution in [1.82, 2.24) is 0 Å². The summed E-state index contributed by atoms with van der Waals surface area (Å²) in [5, 5.41) is 7.14. The molecule has 0 aliphatic heterocycles. The van der Waals surface area contributed by atoms with Gasteiger partial charge in [0.05, 0.1) is 11.9 Å². The van der Waals surface area contributed by atoms with Crippen LogP contribution in [0.4, 0.5) is 17.1 Å². The number of ether oxygens (including phenoxy) is 1. The molecule has 7 aromatic rings. The van der Waals surface area contributed by atoms with Crippen LogP contribution in [0.2, 0.25) is 0 Å². The van der Waals surface area contributed by atoms with Crippen molar-refractivity contribution in [1.29, 1.82) is 0 Å². The largest absolute Gasteiger partial charge is 0.496 e. The molecule has 0 radical (unpaired) electrons. The molecule has 0 atom stereocenters. The predicted molar refractivity (Wildman–Crippen MR) is 179 cm³/mol. The zero-order valence-corrected chi connectivity index (χ0v) is 23.6. The number of rotatable bonds is 8. The van der Waals surface area contributed by atoms with Crippen molar-refractivity contribution >= 4 is 61.7 Å². The number of nitrogens with zero attached hydrogens (tertiary/aromatic N) is 1. The molecule has 3 heteroatoms. The molecule has 43 heavy (non-hydrogen) atoms. The third-order valence-electron chi connectivity index (χ3n) is 7.88. The molecule has 0 bridgehead atoms. The summed E-state index contributed by atoms with van der Waals surface area (Å²) in [5.41, 5.74) is 5.92. The van der Waals surface area contributed by atoms with Gasteiger partial charge in [0.2, 0.25) is 0 Å². The van der Waals surface area contributed by atoms with Crippen LogP contribution in [-0.2, 0) is 11.3 Å². The highest BCUT2D eigenvalue weighted by atomic mass is 16.5. The summed E-state index contributed by atoms with van der Waals surface area (Å²) in [7, 11) is 0. The van der Waals surface area contributed by atoms with Crippen LogP contribution in [0.15, 0.2) is 152 Å². The van der Waals surface area contributed by atoms with Gasteiger partial charge in [-0.25, -0.2) is 0 Å². The lowest BCUT2D eigenvalue weighted by Crippen LogP contribution is -2.10. The van der Waals surface area contributed by atoms with Gasteiger partial charge in [-0.05, 0) is 80.5 Å². The summed E-state index contributed by atoms with van der Waals surface area (Å²) in [4.78, 5) is 13.6.